The number of rotatable bonds is 6. The fraction of sp³-hybridized carbons (Fsp3) is 0.200. The van der Waals surface area contributed by atoms with E-state index in [2.05, 4.69) is 31.3 Å². The minimum Gasteiger partial charge on any atom is -0.466 e. The smallest absolute Gasteiger partial charge is 0.333 e. The van der Waals surface area contributed by atoms with Crippen molar-refractivity contribution in [2.45, 2.75) is 6.92 Å². The lowest BCUT2D eigenvalue weighted by atomic mass is 10.3. The normalized spacial score (nSPS) is 11.3. The Labute approximate surface area is 132 Å². The number of nitrogens with one attached hydrogen (secondary N) is 2. The highest BCUT2D eigenvalue weighted by atomic mass is 79.9. The minimum atomic E-state index is -0.383. The number of methoxy groups -OCH3 is 1. The number of para-hydroxylation sites is 1. The van der Waals surface area contributed by atoms with E-state index in [4.69, 9.17) is 0 Å². The maximum Gasteiger partial charge on any atom is 0.333 e. The first-order chi connectivity index (χ1) is 10.0. The third-order valence-electron chi connectivity index (χ3n) is 2.48. The molecule has 0 aromatic heterocycles. The average Bonchev–Trinajstić information content (AvgIpc) is 2.48. The van der Waals surface area contributed by atoms with Gasteiger partial charge in [-0.1, -0.05) is 18.2 Å². The molecule has 0 heterocycles. The number of hydrogen-bond donors (Lipinski definition) is 2. The number of amides is 1. The van der Waals surface area contributed by atoms with Gasteiger partial charge in [0.2, 0.25) is 5.91 Å². The molecule has 0 fully saturated rings. The van der Waals surface area contributed by atoms with E-state index in [9.17, 15) is 9.59 Å². The number of benzene rings is 1. The van der Waals surface area contributed by atoms with E-state index < -0.39 is 0 Å². The molecule has 0 saturated carbocycles. The van der Waals surface area contributed by atoms with Gasteiger partial charge in [-0.05, 0) is 47.3 Å². The van der Waals surface area contributed by atoms with Crippen LogP contribution in [0, 0.1) is 0 Å². The van der Waals surface area contributed by atoms with E-state index in [0.29, 0.717) is 5.57 Å². The Morgan fingerprint density at radius 2 is 2.05 bits per heavy atom. The van der Waals surface area contributed by atoms with E-state index in [-0.39, 0.29) is 18.4 Å². The SMILES string of the molecule is COC(=O)/C(C)=C/C=C\NCC(=O)Nc1ccccc1Br. The fourth-order valence-electron chi connectivity index (χ4n) is 1.40. The zero-order valence-corrected chi connectivity index (χ0v) is 13.4. The number of allylic oxidation sites excluding steroid dienone is 2. The molecule has 0 unspecified atom stereocenters. The highest BCUT2D eigenvalue weighted by Crippen LogP contribution is 2.20. The van der Waals surface area contributed by atoms with Crippen LogP contribution in [0.15, 0.2) is 52.7 Å². The quantitative estimate of drug-likeness (QED) is 0.469. The zero-order valence-electron chi connectivity index (χ0n) is 11.9. The molecular weight excluding hydrogens is 336 g/mol. The van der Waals surface area contributed by atoms with Crippen molar-refractivity contribution in [2.24, 2.45) is 0 Å². The number of halogens is 1. The van der Waals surface area contributed by atoms with Crippen molar-refractivity contribution in [1.82, 2.24) is 5.32 Å². The summed E-state index contributed by atoms with van der Waals surface area (Å²) in [6.07, 6.45) is 4.83. The Morgan fingerprint density at radius 1 is 1.33 bits per heavy atom. The van der Waals surface area contributed by atoms with Crippen LogP contribution in [0.25, 0.3) is 0 Å². The maximum absolute atomic E-state index is 11.7. The van der Waals surface area contributed by atoms with Gasteiger partial charge < -0.3 is 15.4 Å². The van der Waals surface area contributed by atoms with Crippen LogP contribution in [0.1, 0.15) is 6.92 Å². The second-order valence-electron chi connectivity index (χ2n) is 4.11. The van der Waals surface area contributed by atoms with Gasteiger partial charge in [-0.25, -0.2) is 4.79 Å². The van der Waals surface area contributed by atoms with E-state index in [0.717, 1.165) is 10.2 Å². The molecule has 1 amide bonds. The summed E-state index contributed by atoms with van der Waals surface area (Å²) >= 11 is 3.35. The molecule has 0 bridgehead atoms. The Hall–Kier alpha value is -2.08. The monoisotopic (exact) mass is 352 g/mol. The first-order valence-corrected chi connectivity index (χ1v) is 7.03. The predicted molar refractivity (Wildman–Crippen MR) is 85.7 cm³/mol. The molecule has 0 atom stereocenters. The van der Waals surface area contributed by atoms with Crippen LogP contribution in [0.5, 0.6) is 0 Å². The summed E-state index contributed by atoms with van der Waals surface area (Å²) in [5.41, 5.74) is 1.20. The molecule has 1 aromatic carbocycles. The van der Waals surface area contributed by atoms with Crippen molar-refractivity contribution in [2.75, 3.05) is 19.0 Å². The van der Waals surface area contributed by atoms with Crippen LogP contribution in [0.2, 0.25) is 0 Å². The van der Waals surface area contributed by atoms with E-state index >= 15 is 0 Å². The van der Waals surface area contributed by atoms with E-state index in [1.807, 2.05) is 18.2 Å². The van der Waals surface area contributed by atoms with Gasteiger partial charge in [-0.3, -0.25) is 4.79 Å². The maximum atomic E-state index is 11.7. The first kappa shape index (κ1) is 17.0. The average molecular weight is 353 g/mol. The third-order valence-corrected chi connectivity index (χ3v) is 3.17. The van der Waals surface area contributed by atoms with Crippen molar-refractivity contribution in [3.05, 3.63) is 52.7 Å². The van der Waals surface area contributed by atoms with E-state index in [1.165, 1.54) is 7.11 Å². The van der Waals surface area contributed by atoms with Crippen LogP contribution in [-0.4, -0.2) is 25.5 Å². The number of esters is 1. The van der Waals surface area contributed by atoms with Gasteiger partial charge in [0.1, 0.15) is 0 Å². The Kier molecular flexibility index (Phi) is 7.25. The van der Waals surface area contributed by atoms with Gasteiger partial charge in [0, 0.05) is 10.0 Å². The molecule has 0 saturated heterocycles. The molecule has 0 aliphatic rings. The van der Waals surface area contributed by atoms with Crippen molar-refractivity contribution in [3.8, 4) is 0 Å². The number of carbonyl (C=O) groups excluding carboxylic acids is 2. The third kappa shape index (κ3) is 6.27. The van der Waals surface area contributed by atoms with Crippen LogP contribution in [-0.2, 0) is 14.3 Å². The summed E-state index contributed by atoms with van der Waals surface area (Å²) in [5.74, 6) is -0.549. The number of carbonyl (C=O) groups is 2. The van der Waals surface area contributed by atoms with Gasteiger partial charge in [0.25, 0.3) is 0 Å². The highest BCUT2D eigenvalue weighted by molar-refractivity contribution is 9.10. The van der Waals surface area contributed by atoms with Gasteiger partial charge in [0.15, 0.2) is 0 Å². The second kappa shape index (κ2) is 8.97. The Bertz CT molecular complexity index is 568. The lowest BCUT2D eigenvalue weighted by Gasteiger charge is -2.06. The van der Waals surface area contributed by atoms with Crippen molar-refractivity contribution < 1.29 is 14.3 Å². The summed E-state index contributed by atoms with van der Waals surface area (Å²) in [6.45, 7) is 1.78. The van der Waals surface area contributed by atoms with Gasteiger partial charge >= 0.3 is 5.97 Å². The van der Waals surface area contributed by atoms with Crippen LogP contribution >= 0.6 is 15.9 Å². The Morgan fingerprint density at radius 3 is 2.71 bits per heavy atom. The molecule has 0 spiro atoms. The highest BCUT2D eigenvalue weighted by Gasteiger charge is 2.03. The molecule has 0 aliphatic carbocycles. The summed E-state index contributed by atoms with van der Waals surface area (Å²) in [6, 6.07) is 7.37. The molecular formula is C15H17BrN2O3. The molecule has 2 N–H and O–H groups in total. The second-order valence-corrected chi connectivity index (χ2v) is 4.96. The minimum absolute atomic E-state index is 0.128. The number of hydrogen-bond acceptors (Lipinski definition) is 4. The lowest BCUT2D eigenvalue weighted by Crippen LogP contribution is -2.24. The molecule has 5 nitrogen and oxygen atoms in total. The molecule has 1 rings (SSSR count). The van der Waals surface area contributed by atoms with Crippen LogP contribution < -0.4 is 10.6 Å². The zero-order chi connectivity index (χ0) is 15.7. The first-order valence-electron chi connectivity index (χ1n) is 6.24. The Balaban J connectivity index is 2.38. The number of anilines is 1. The van der Waals surface area contributed by atoms with Crippen molar-refractivity contribution in [1.29, 1.82) is 0 Å². The molecule has 112 valence electrons. The lowest BCUT2D eigenvalue weighted by molar-refractivity contribution is -0.136. The van der Waals surface area contributed by atoms with Crippen molar-refractivity contribution >= 4 is 33.5 Å². The summed E-state index contributed by atoms with van der Waals surface area (Å²) in [7, 11) is 1.33. The summed E-state index contributed by atoms with van der Waals surface area (Å²) in [4.78, 5) is 22.8. The molecule has 21 heavy (non-hydrogen) atoms. The number of ether oxygens (including phenoxy) is 1. The molecule has 6 heteroatoms. The standard InChI is InChI=1S/C15H17BrN2O3/c1-11(15(20)21-2)6-5-9-17-10-14(19)18-13-8-4-3-7-12(13)16/h3-9,17H,10H2,1-2H3,(H,18,19)/b9-5-,11-6+. The largest absolute Gasteiger partial charge is 0.466 e. The fourth-order valence-corrected chi connectivity index (χ4v) is 1.78. The van der Waals surface area contributed by atoms with Gasteiger partial charge in [-0.2, -0.15) is 0 Å². The molecule has 0 radical (unpaired) electrons. The van der Waals surface area contributed by atoms with Gasteiger partial charge in [0.05, 0.1) is 19.3 Å². The van der Waals surface area contributed by atoms with Crippen LogP contribution in [0.4, 0.5) is 5.69 Å². The van der Waals surface area contributed by atoms with Crippen LogP contribution in [0.3, 0.4) is 0 Å². The topological polar surface area (TPSA) is 67.4 Å². The molecule has 1 aromatic rings. The predicted octanol–water partition coefficient (Wildman–Crippen LogP) is 2.61. The van der Waals surface area contributed by atoms with Gasteiger partial charge in [-0.15, -0.1) is 0 Å². The van der Waals surface area contributed by atoms with E-state index in [1.54, 1.807) is 31.3 Å². The summed E-state index contributed by atoms with van der Waals surface area (Å²) < 4.78 is 5.38. The summed E-state index contributed by atoms with van der Waals surface area (Å²) in [5, 5.41) is 5.60. The van der Waals surface area contributed by atoms with Crippen molar-refractivity contribution in [3.63, 3.8) is 0 Å². The molecule has 0 aliphatic heterocycles.